The number of carboxylic acids is 1. The molecule has 3 N–H and O–H groups in total. The van der Waals surface area contributed by atoms with Crippen LogP contribution >= 0.6 is 12.4 Å². The number of alkyl halides is 1. The quantitative estimate of drug-likeness (QED) is 0.691. The van der Waals surface area contributed by atoms with Gasteiger partial charge in [-0.05, 0) is 37.7 Å². The molecular weight excluding hydrogens is 432 g/mol. The Labute approximate surface area is 184 Å². The van der Waals surface area contributed by atoms with E-state index in [0.717, 1.165) is 18.9 Å². The normalized spacial score (nSPS) is 21.1. The lowest BCUT2D eigenvalue weighted by Crippen LogP contribution is -2.49. The van der Waals surface area contributed by atoms with Crippen molar-refractivity contribution >= 4 is 35.0 Å². The molecular formula is C21H26ClF2N3O4. The highest BCUT2D eigenvalue weighted by Gasteiger charge is 2.33. The summed E-state index contributed by atoms with van der Waals surface area (Å²) in [5.41, 5.74) is 5.69. The minimum atomic E-state index is -1.35. The van der Waals surface area contributed by atoms with E-state index in [2.05, 4.69) is 0 Å². The molecule has 31 heavy (non-hydrogen) atoms. The molecule has 0 unspecified atom stereocenters. The summed E-state index contributed by atoms with van der Waals surface area (Å²) < 4.78 is 35.3. The van der Waals surface area contributed by atoms with Crippen LogP contribution in [0.5, 0.6) is 5.75 Å². The number of aromatic carboxylic acids is 1. The van der Waals surface area contributed by atoms with Crippen LogP contribution in [-0.2, 0) is 0 Å². The first-order valence-electron chi connectivity index (χ1n) is 10.1. The number of ether oxygens (including phenoxy) is 1. The third-order valence-corrected chi connectivity index (χ3v) is 6.18. The highest BCUT2D eigenvalue weighted by molar-refractivity contribution is 5.97. The second-order valence-corrected chi connectivity index (χ2v) is 8.09. The van der Waals surface area contributed by atoms with Crippen molar-refractivity contribution < 1.29 is 23.4 Å². The van der Waals surface area contributed by atoms with E-state index in [1.165, 1.54) is 13.3 Å². The minimum Gasteiger partial charge on any atom is -0.492 e. The van der Waals surface area contributed by atoms with E-state index >= 15 is 4.39 Å². The minimum absolute atomic E-state index is 0. The lowest BCUT2D eigenvalue weighted by atomic mass is 9.89. The fourth-order valence-electron chi connectivity index (χ4n) is 4.46. The van der Waals surface area contributed by atoms with E-state index in [-0.39, 0.29) is 47.2 Å². The molecule has 10 heteroatoms. The monoisotopic (exact) mass is 457 g/mol. The number of fused-ring (bicyclic) bond motifs is 1. The van der Waals surface area contributed by atoms with Crippen LogP contribution in [0.2, 0.25) is 0 Å². The van der Waals surface area contributed by atoms with Gasteiger partial charge in [0.2, 0.25) is 5.43 Å². The summed E-state index contributed by atoms with van der Waals surface area (Å²) in [5, 5.41) is 9.40. The van der Waals surface area contributed by atoms with Gasteiger partial charge in [-0.25, -0.2) is 9.18 Å². The Morgan fingerprint density at radius 1 is 1.35 bits per heavy atom. The molecule has 170 valence electrons. The summed E-state index contributed by atoms with van der Waals surface area (Å²) in [5.74, 6) is -1.79. The zero-order chi connectivity index (χ0) is 21.6. The largest absolute Gasteiger partial charge is 0.492 e. The average molecular weight is 458 g/mol. The Morgan fingerprint density at radius 2 is 2.06 bits per heavy atom. The number of rotatable bonds is 6. The van der Waals surface area contributed by atoms with Crippen molar-refractivity contribution in [2.24, 2.45) is 11.7 Å². The van der Waals surface area contributed by atoms with Crippen molar-refractivity contribution in [3.8, 4) is 5.75 Å². The molecule has 7 nitrogen and oxygen atoms in total. The molecule has 2 aliphatic rings. The van der Waals surface area contributed by atoms with Crippen molar-refractivity contribution in [1.29, 1.82) is 0 Å². The van der Waals surface area contributed by atoms with Gasteiger partial charge < -0.3 is 25.0 Å². The van der Waals surface area contributed by atoms with Crippen LogP contribution < -0.4 is 20.8 Å². The Morgan fingerprint density at radius 3 is 2.61 bits per heavy atom. The van der Waals surface area contributed by atoms with Crippen LogP contribution in [0.4, 0.5) is 14.5 Å². The number of piperidine rings is 1. The Kier molecular flexibility index (Phi) is 6.76. The van der Waals surface area contributed by atoms with Crippen molar-refractivity contribution in [2.45, 2.75) is 37.8 Å². The van der Waals surface area contributed by atoms with Gasteiger partial charge in [0, 0.05) is 31.4 Å². The first-order valence-corrected chi connectivity index (χ1v) is 10.1. The van der Waals surface area contributed by atoms with Gasteiger partial charge in [0.05, 0.1) is 24.7 Å². The molecule has 1 aromatic carbocycles. The molecule has 1 aromatic heterocycles. The Balaban J connectivity index is 0.00000272. The SMILES string of the molecule is COc1c(N2CC[C@@H](CCF)[C@H](N)C2)c(F)cc2c(=O)c(C(=O)O)cn(C3CC3)c12.Cl. The van der Waals surface area contributed by atoms with Crippen molar-refractivity contribution in [2.75, 3.05) is 31.8 Å². The van der Waals surface area contributed by atoms with Gasteiger partial charge in [-0.1, -0.05) is 0 Å². The Bertz CT molecular complexity index is 1060. The number of carboxylic acid groups (broad SMARTS) is 1. The number of pyridine rings is 1. The van der Waals surface area contributed by atoms with Crippen LogP contribution in [0, 0.1) is 11.7 Å². The van der Waals surface area contributed by atoms with Crippen LogP contribution in [0.3, 0.4) is 0 Å². The summed E-state index contributed by atoms with van der Waals surface area (Å²) in [7, 11) is 1.40. The van der Waals surface area contributed by atoms with E-state index < -0.39 is 29.5 Å². The lowest BCUT2D eigenvalue weighted by molar-refractivity contribution is 0.0695. The topological polar surface area (TPSA) is 97.8 Å². The van der Waals surface area contributed by atoms with E-state index in [4.69, 9.17) is 10.5 Å². The fourth-order valence-corrected chi connectivity index (χ4v) is 4.46. The van der Waals surface area contributed by atoms with Gasteiger partial charge in [0.25, 0.3) is 0 Å². The van der Waals surface area contributed by atoms with Gasteiger partial charge >= 0.3 is 5.97 Å². The Hall–Kier alpha value is -2.39. The van der Waals surface area contributed by atoms with Gasteiger partial charge in [0.15, 0.2) is 11.6 Å². The standard InChI is InChI=1S/C21H25F2N3O4.ClH/c1-30-20-17-13(19(27)14(21(28)29)9-26(17)12-2-3-12)8-15(23)18(20)25-7-5-11(4-6-22)16(24)10-25;/h8-9,11-12,16H,2-7,10,24H2,1H3,(H,28,29);1H/t11-,16-;/m1./s1. The molecule has 0 radical (unpaired) electrons. The number of hydrogen-bond donors (Lipinski definition) is 2. The predicted molar refractivity (Wildman–Crippen MR) is 116 cm³/mol. The van der Waals surface area contributed by atoms with Gasteiger partial charge in [-0.2, -0.15) is 0 Å². The molecule has 4 rings (SSSR count). The van der Waals surface area contributed by atoms with E-state index in [1.807, 2.05) is 0 Å². The summed E-state index contributed by atoms with van der Waals surface area (Å²) in [4.78, 5) is 26.1. The number of halogens is 3. The molecule has 2 atom stereocenters. The molecule has 1 aliphatic heterocycles. The molecule has 1 saturated carbocycles. The summed E-state index contributed by atoms with van der Waals surface area (Å²) in [6.45, 7) is 0.383. The first kappa shape index (κ1) is 23.3. The molecule has 2 heterocycles. The maximum absolute atomic E-state index is 15.3. The molecule has 0 spiro atoms. The molecule has 1 saturated heterocycles. The maximum Gasteiger partial charge on any atom is 0.341 e. The molecule has 0 amide bonds. The molecule has 2 aromatic rings. The maximum atomic E-state index is 15.3. The summed E-state index contributed by atoms with van der Waals surface area (Å²) in [6, 6.07) is 0.824. The van der Waals surface area contributed by atoms with Crippen LogP contribution in [0.25, 0.3) is 10.9 Å². The zero-order valence-electron chi connectivity index (χ0n) is 17.1. The first-order chi connectivity index (χ1) is 14.4. The van der Waals surface area contributed by atoms with E-state index in [1.54, 1.807) is 9.47 Å². The number of nitrogens with zero attached hydrogens (tertiary/aromatic N) is 2. The highest BCUT2D eigenvalue weighted by Crippen LogP contribution is 2.44. The number of aromatic nitrogens is 1. The van der Waals surface area contributed by atoms with Crippen molar-refractivity contribution in [3.63, 3.8) is 0 Å². The predicted octanol–water partition coefficient (Wildman–Crippen LogP) is 3.12. The third kappa shape index (κ3) is 4.08. The number of nitrogens with two attached hydrogens (primary N) is 1. The van der Waals surface area contributed by atoms with Crippen LogP contribution in [0.15, 0.2) is 17.1 Å². The summed E-state index contributed by atoms with van der Waals surface area (Å²) in [6.07, 6.45) is 4.01. The van der Waals surface area contributed by atoms with Crippen LogP contribution in [-0.4, -0.2) is 48.6 Å². The number of anilines is 1. The highest BCUT2D eigenvalue weighted by atomic mass is 35.5. The van der Waals surface area contributed by atoms with Crippen molar-refractivity contribution in [1.82, 2.24) is 4.57 Å². The van der Waals surface area contributed by atoms with Gasteiger partial charge in [0.1, 0.15) is 11.3 Å². The second-order valence-electron chi connectivity index (χ2n) is 8.09. The number of carbonyl (C=O) groups is 1. The van der Waals surface area contributed by atoms with E-state index in [9.17, 15) is 19.1 Å². The second kappa shape index (κ2) is 9.00. The number of hydrogen-bond acceptors (Lipinski definition) is 5. The van der Waals surface area contributed by atoms with Gasteiger partial charge in [-0.3, -0.25) is 9.18 Å². The summed E-state index contributed by atoms with van der Waals surface area (Å²) >= 11 is 0. The average Bonchev–Trinajstić information content (AvgIpc) is 3.54. The lowest BCUT2D eigenvalue weighted by Gasteiger charge is -2.38. The fraction of sp³-hybridized carbons (Fsp3) is 0.524. The molecule has 2 fully saturated rings. The molecule has 1 aliphatic carbocycles. The number of benzene rings is 1. The van der Waals surface area contributed by atoms with E-state index in [0.29, 0.717) is 31.4 Å². The smallest absolute Gasteiger partial charge is 0.341 e. The third-order valence-electron chi connectivity index (χ3n) is 6.18. The zero-order valence-corrected chi connectivity index (χ0v) is 18.0. The van der Waals surface area contributed by atoms with Gasteiger partial charge in [-0.15, -0.1) is 12.4 Å². The van der Waals surface area contributed by atoms with Crippen LogP contribution in [0.1, 0.15) is 42.1 Å². The molecule has 0 bridgehead atoms. The van der Waals surface area contributed by atoms with Crippen molar-refractivity contribution in [3.05, 3.63) is 33.9 Å². The number of methoxy groups -OCH3 is 1.